The average Bonchev–Trinajstić information content (AvgIpc) is 3.13. The van der Waals surface area contributed by atoms with Crippen molar-refractivity contribution in [2.24, 2.45) is 5.92 Å². The van der Waals surface area contributed by atoms with Gasteiger partial charge in [-0.2, -0.15) is 0 Å². The van der Waals surface area contributed by atoms with Crippen molar-refractivity contribution in [1.82, 2.24) is 4.90 Å². The number of carbonyl (C=O) groups excluding carboxylic acids is 3. The van der Waals surface area contributed by atoms with Crippen LogP contribution in [0, 0.1) is 11.7 Å². The molecule has 1 fully saturated rings. The minimum atomic E-state index is -1.05. The summed E-state index contributed by atoms with van der Waals surface area (Å²) in [6.45, 7) is 5.32. The first-order valence-corrected chi connectivity index (χ1v) is 8.53. The number of halogens is 1. The van der Waals surface area contributed by atoms with Crippen molar-refractivity contribution >= 4 is 17.5 Å². The molecule has 0 spiro atoms. The van der Waals surface area contributed by atoms with Crippen molar-refractivity contribution in [2.75, 3.05) is 0 Å². The lowest BCUT2D eigenvalue weighted by molar-refractivity contribution is -0.141. The van der Waals surface area contributed by atoms with E-state index in [4.69, 9.17) is 4.42 Å². The van der Waals surface area contributed by atoms with Crippen LogP contribution in [0.5, 0.6) is 0 Å². The Kier molecular flexibility index (Phi) is 4.76. The number of benzene rings is 1. The summed E-state index contributed by atoms with van der Waals surface area (Å²) in [6, 6.07) is 8.50. The lowest BCUT2D eigenvalue weighted by atomic mass is 9.94. The highest BCUT2D eigenvalue weighted by Gasteiger charge is 2.50. The minimum absolute atomic E-state index is 0.0608. The quantitative estimate of drug-likeness (QED) is 0.469. The van der Waals surface area contributed by atoms with Crippen LogP contribution in [-0.2, 0) is 16.0 Å². The zero-order valence-electron chi connectivity index (χ0n) is 14.9. The van der Waals surface area contributed by atoms with Crippen molar-refractivity contribution in [3.63, 3.8) is 0 Å². The summed E-state index contributed by atoms with van der Waals surface area (Å²) >= 11 is 0. The number of ketones is 2. The Labute approximate surface area is 150 Å². The molecule has 0 N–H and O–H groups in total. The number of Topliss-reactive ketones (excluding diaryl/α,β-unsaturated/α-hetero) is 2. The molecule has 6 heteroatoms. The van der Waals surface area contributed by atoms with E-state index in [-0.39, 0.29) is 17.6 Å². The topological polar surface area (TPSA) is 67.6 Å². The fourth-order valence-corrected chi connectivity index (χ4v) is 3.43. The molecule has 0 saturated carbocycles. The predicted octanol–water partition coefficient (Wildman–Crippen LogP) is 3.02. The molecular weight excluding hydrogens is 337 g/mol. The molecule has 2 heterocycles. The first-order valence-electron chi connectivity index (χ1n) is 8.53. The molecule has 1 saturated heterocycles. The number of nitrogens with zero attached hydrogens (tertiary/aromatic N) is 1. The Balaban J connectivity index is 1.78. The molecule has 0 aliphatic carbocycles. The number of rotatable bonds is 5. The molecule has 2 atom stereocenters. The maximum Gasteiger partial charge on any atom is 0.291 e. The van der Waals surface area contributed by atoms with E-state index < -0.39 is 29.4 Å². The molecule has 1 amide bonds. The minimum Gasteiger partial charge on any atom is -0.458 e. The molecule has 0 radical (unpaired) electrons. The molecule has 1 aliphatic heterocycles. The fourth-order valence-electron chi connectivity index (χ4n) is 3.43. The third kappa shape index (κ3) is 3.19. The largest absolute Gasteiger partial charge is 0.458 e. The molecule has 5 nitrogen and oxygen atoms in total. The first-order chi connectivity index (χ1) is 12.3. The van der Waals surface area contributed by atoms with Crippen molar-refractivity contribution in [3.05, 3.63) is 59.3 Å². The Morgan fingerprint density at radius 2 is 1.81 bits per heavy atom. The maximum atomic E-state index is 13.0. The van der Waals surface area contributed by atoms with Crippen LogP contribution >= 0.6 is 0 Å². The predicted molar refractivity (Wildman–Crippen MR) is 92.2 cm³/mol. The Bertz CT molecular complexity index is 853. The molecule has 3 rings (SSSR count). The number of amides is 1. The smallest absolute Gasteiger partial charge is 0.291 e. The standard InChI is InChI=1S/C20H20FNO4/c1-11(2)22-12(3)17(19(24)20(22)25)18(23)16-9-8-15(26-16)10-13-4-6-14(21)7-5-13/h4-9,11-12,17H,10H2,1-3H3. The lowest BCUT2D eigenvalue weighted by Crippen LogP contribution is -2.39. The highest BCUT2D eigenvalue weighted by Crippen LogP contribution is 2.28. The SMILES string of the molecule is CC(C)N1C(=O)C(=O)C(C(=O)c2ccc(Cc3ccc(F)cc3)o2)C1C. The Morgan fingerprint density at radius 3 is 2.38 bits per heavy atom. The zero-order valence-corrected chi connectivity index (χ0v) is 14.9. The van der Waals surface area contributed by atoms with Crippen LogP contribution < -0.4 is 0 Å². The van der Waals surface area contributed by atoms with E-state index in [1.54, 1.807) is 25.1 Å². The molecule has 0 bridgehead atoms. The van der Waals surface area contributed by atoms with E-state index in [1.165, 1.54) is 23.1 Å². The van der Waals surface area contributed by atoms with Crippen LogP contribution in [0.25, 0.3) is 0 Å². The van der Waals surface area contributed by atoms with Crippen LogP contribution in [0.4, 0.5) is 4.39 Å². The average molecular weight is 357 g/mol. The van der Waals surface area contributed by atoms with E-state index in [1.807, 2.05) is 13.8 Å². The maximum absolute atomic E-state index is 13.0. The van der Waals surface area contributed by atoms with Gasteiger partial charge in [-0.15, -0.1) is 0 Å². The molecule has 2 aromatic rings. The molecule has 1 aliphatic rings. The van der Waals surface area contributed by atoms with Gasteiger partial charge in [-0.05, 0) is 50.6 Å². The molecule has 1 aromatic carbocycles. The summed E-state index contributed by atoms with van der Waals surface area (Å²) in [7, 11) is 0. The normalized spacial score (nSPS) is 20.3. The number of hydrogen-bond acceptors (Lipinski definition) is 4. The van der Waals surface area contributed by atoms with Gasteiger partial charge >= 0.3 is 0 Å². The lowest BCUT2D eigenvalue weighted by Gasteiger charge is -2.26. The summed E-state index contributed by atoms with van der Waals surface area (Å²) in [5.41, 5.74) is 0.839. The van der Waals surface area contributed by atoms with Crippen LogP contribution in [0.2, 0.25) is 0 Å². The van der Waals surface area contributed by atoms with Gasteiger partial charge in [-0.25, -0.2) is 4.39 Å². The number of hydrogen-bond donors (Lipinski definition) is 0. The van der Waals surface area contributed by atoms with E-state index in [9.17, 15) is 18.8 Å². The summed E-state index contributed by atoms with van der Waals surface area (Å²) < 4.78 is 18.6. The van der Waals surface area contributed by atoms with Crippen LogP contribution in [0.15, 0.2) is 40.8 Å². The van der Waals surface area contributed by atoms with Gasteiger partial charge in [0.25, 0.3) is 5.91 Å². The van der Waals surface area contributed by atoms with Crippen LogP contribution in [0.1, 0.15) is 42.6 Å². The van der Waals surface area contributed by atoms with Gasteiger partial charge in [0, 0.05) is 18.5 Å². The van der Waals surface area contributed by atoms with Gasteiger partial charge in [0.2, 0.25) is 11.6 Å². The summed E-state index contributed by atoms with van der Waals surface area (Å²) in [4.78, 5) is 38.6. The van der Waals surface area contributed by atoms with Gasteiger partial charge in [-0.1, -0.05) is 12.1 Å². The van der Waals surface area contributed by atoms with E-state index in [0.29, 0.717) is 12.2 Å². The van der Waals surface area contributed by atoms with Gasteiger partial charge in [0.15, 0.2) is 5.76 Å². The molecule has 2 unspecified atom stereocenters. The first kappa shape index (κ1) is 18.0. The van der Waals surface area contributed by atoms with Crippen LogP contribution in [0.3, 0.4) is 0 Å². The fraction of sp³-hybridized carbons (Fsp3) is 0.350. The second-order valence-electron chi connectivity index (χ2n) is 6.82. The van der Waals surface area contributed by atoms with Gasteiger partial charge in [0.05, 0.1) is 0 Å². The van der Waals surface area contributed by atoms with Crippen molar-refractivity contribution in [1.29, 1.82) is 0 Å². The van der Waals surface area contributed by atoms with Crippen LogP contribution in [-0.4, -0.2) is 34.5 Å². The van der Waals surface area contributed by atoms with E-state index in [0.717, 1.165) is 5.56 Å². The highest BCUT2D eigenvalue weighted by atomic mass is 19.1. The second kappa shape index (κ2) is 6.86. The van der Waals surface area contributed by atoms with Crippen molar-refractivity contribution in [2.45, 2.75) is 39.3 Å². The van der Waals surface area contributed by atoms with Crippen molar-refractivity contribution in [3.8, 4) is 0 Å². The molecule has 26 heavy (non-hydrogen) atoms. The Hall–Kier alpha value is -2.76. The second-order valence-corrected chi connectivity index (χ2v) is 6.82. The van der Waals surface area contributed by atoms with E-state index >= 15 is 0 Å². The highest BCUT2D eigenvalue weighted by molar-refractivity contribution is 6.43. The van der Waals surface area contributed by atoms with Gasteiger partial charge < -0.3 is 9.32 Å². The summed E-state index contributed by atoms with van der Waals surface area (Å²) in [5, 5.41) is 0. The van der Waals surface area contributed by atoms with Gasteiger partial charge in [0.1, 0.15) is 17.5 Å². The molecule has 136 valence electrons. The number of likely N-dealkylation sites (tertiary alicyclic amines) is 1. The van der Waals surface area contributed by atoms with Crippen molar-refractivity contribution < 1.29 is 23.2 Å². The third-order valence-corrected chi connectivity index (χ3v) is 4.68. The third-order valence-electron chi connectivity index (χ3n) is 4.68. The monoisotopic (exact) mass is 357 g/mol. The van der Waals surface area contributed by atoms with E-state index in [2.05, 4.69) is 0 Å². The zero-order chi connectivity index (χ0) is 19.0. The molecular formula is C20H20FNO4. The summed E-state index contributed by atoms with van der Waals surface area (Å²) in [6.07, 6.45) is 0.402. The molecule has 1 aromatic heterocycles. The number of carbonyl (C=O) groups is 3. The summed E-state index contributed by atoms with van der Waals surface area (Å²) in [5.74, 6) is -2.57. The van der Waals surface area contributed by atoms with Gasteiger partial charge in [-0.3, -0.25) is 14.4 Å². The number of furan rings is 1. The Morgan fingerprint density at radius 1 is 1.15 bits per heavy atom.